The Balaban J connectivity index is 1.36. The minimum absolute atomic E-state index is 0.0136. The van der Waals surface area contributed by atoms with Crippen LogP contribution in [0.5, 0.6) is 11.5 Å². The number of amides is 1. The molecule has 0 spiro atoms. The van der Waals surface area contributed by atoms with Crippen molar-refractivity contribution in [1.82, 2.24) is 9.80 Å². The van der Waals surface area contributed by atoms with Crippen LogP contribution in [-0.4, -0.2) is 68.7 Å². The number of benzene rings is 2. The number of carbonyl (C=O) groups is 1. The highest BCUT2D eigenvalue weighted by Crippen LogP contribution is 2.22. The second-order valence-corrected chi connectivity index (χ2v) is 6.53. The Morgan fingerprint density at radius 1 is 0.963 bits per heavy atom. The molecule has 0 radical (unpaired) electrons. The van der Waals surface area contributed by atoms with Crippen LogP contribution in [0.4, 0.5) is 5.69 Å². The van der Waals surface area contributed by atoms with Crippen molar-refractivity contribution < 1.29 is 14.3 Å². The molecule has 1 heterocycles. The third-order valence-corrected chi connectivity index (χ3v) is 4.63. The van der Waals surface area contributed by atoms with E-state index in [1.807, 2.05) is 54.6 Å². The van der Waals surface area contributed by atoms with Gasteiger partial charge in [-0.1, -0.05) is 30.3 Å². The zero-order chi connectivity index (χ0) is 18.9. The van der Waals surface area contributed by atoms with Crippen LogP contribution in [0, 0.1) is 0 Å². The number of nitrogens with zero attached hydrogens (tertiary/aromatic N) is 2. The van der Waals surface area contributed by atoms with Crippen LogP contribution in [0.2, 0.25) is 0 Å². The molecule has 0 saturated carbocycles. The van der Waals surface area contributed by atoms with Gasteiger partial charge in [0.1, 0.15) is 18.1 Å². The van der Waals surface area contributed by atoms with E-state index in [0.29, 0.717) is 24.6 Å². The molecule has 1 fully saturated rings. The van der Waals surface area contributed by atoms with Gasteiger partial charge in [0.2, 0.25) is 5.91 Å². The standard InChI is InChI=1S/C21H27N3O3/c1-26-20-10-6-5-9-19(20)22-21(25)17-24-13-11-23(12-14-24)15-16-27-18-7-3-2-4-8-18/h2-10H,11-17H2,1H3,(H,22,25). The third-order valence-electron chi connectivity index (χ3n) is 4.63. The lowest BCUT2D eigenvalue weighted by molar-refractivity contribution is -0.117. The first-order valence-corrected chi connectivity index (χ1v) is 9.30. The Morgan fingerprint density at radius 3 is 2.37 bits per heavy atom. The first-order chi connectivity index (χ1) is 13.2. The highest BCUT2D eigenvalue weighted by atomic mass is 16.5. The van der Waals surface area contributed by atoms with Crippen LogP contribution < -0.4 is 14.8 Å². The molecule has 1 saturated heterocycles. The van der Waals surface area contributed by atoms with E-state index in [4.69, 9.17) is 9.47 Å². The van der Waals surface area contributed by atoms with Crippen molar-refractivity contribution >= 4 is 11.6 Å². The maximum atomic E-state index is 12.3. The molecule has 2 aromatic rings. The fourth-order valence-corrected chi connectivity index (χ4v) is 3.12. The number of carbonyl (C=O) groups excluding carboxylic acids is 1. The Morgan fingerprint density at radius 2 is 1.63 bits per heavy atom. The van der Waals surface area contributed by atoms with Gasteiger partial charge in [0.05, 0.1) is 19.3 Å². The normalized spacial score (nSPS) is 15.3. The second-order valence-electron chi connectivity index (χ2n) is 6.53. The average molecular weight is 369 g/mol. The summed E-state index contributed by atoms with van der Waals surface area (Å²) in [5.74, 6) is 1.57. The summed E-state index contributed by atoms with van der Waals surface area (Å²) in [6.45, 7) is 5.62. The monoisotopic (exact) mass is 369 g/mol. The molecule has 1 aliphatic heterocycles. The smallest absolute Gasteiger partial charge is 0.238 e. The van der Waals surface area contributed by atoms with E-state index in [9.17, 15) is 4.79 Å². The zero-order valence-electron chi connectivity index (χ0n) is 15.8. The van der Waals surface area contributed by atoms with Crippen LogP contribution in [0.1, 0.15) is 0 Å². The second kappa shape index (κ2) is 9.94. The van der Waals surface area contributed by atoms with Crippen molar-refractivity contribution in [3.8, 4) is 11.5 Å². The van der Waals surface area contributed by atoms with Crippen molar-refractivity contribution in [2.75, 3.05) is 58.3 Å². The number of hydrogen-bond acceptors (Lipinski definition) is 5. The maximum Gasteiger partial charge on any atom is 0.238 e. The summed E-state index contributed by atoms with van der Waals surface area (Å²) in [4.78, 5) is 16.9. The molecule has 3 rings (SSSR count). The van der Waals surface area contributed by atoms with Gasteiger partial charge < -0.3 is 14.8 Å². The molecule has 6 nitrogen and oxygen atoms in total. The van der Waals surface area contributed by atoms with Gasteiger partial charge in [-0.2, -0.15) is 0 Å². The molecule has 0 aliphatic carbocycles. The van der Waals surface area contributed by atoms with Gasteiger partial charge >= 0.3 is 0 Å². The van der Waals surface area contributed by atoms with E-state index >= 15 is 0 Å². The van der Waals surface area contributed by atoms with Gasteiger partial charge in [0, 0.05) is 32.7 Å². The average Bonchev–Trinajstić information content (AvgIpc) is 2.70. The van der Waals surface area contributed by atoms with Crippen molar-refractivity contribution in [3.05, 3.63) is 54.6 Å². The van der Waals surface area contributed by atoms with Gasteiger partial charge in [-0.3, -0.25) is 14.6 Å². The molecule has 144 valence electrons. The summed E-state index contributed by atoms with van der Waals surface area (Å²) in [5, 5.41) is 2.93. The van der Waals surface area contributed by atoms with Crippen molar-refractivity contribution in [2.24, 2.45) is 0 Å². The van der Waals surface area contributed by atoms with Gasteiger partial charge in [-0.05, 0) is 24.3 Å². The van der Waals surface area contributed by atoms with Crippen LogP contribution in [0.25, 0.3) is 0 Å². The topological polar surface area (TPSA) is 54.0 Å². The van der Waals surface area contributed by atoms with E-state index in [1.165, 1.54) is 0 Å². The molecule has 6 heteroatoms. The zero-order valence-corrected chi connectivity index (χ0v) is 15.8. The Kier molecular flexibility index (Phi) is 7.07. The number of nitrogens with one attached hydrogen (secondary N) is 1. The molecule has 1 aliphatic rings. The fraction of sp³-hybridized carbons (Fsp3) is 0.381. The van der Waals surface area contributed by atoms with Gasteiger partial charge in [0.15, 0.2) is 0 Å². The van der Waals surface area contributed by atoms with Crippen LogP contribution in [0.15, 0.2) is 54.6 Å². The van der Waals surface area contributed by atoms with Crippen LogP contribution in [0.3, 0.4) is 0 Å². The van der Waals surface area contributed by atoms with Crippen molar-refractivity contribution in [1.29, 1.82) is 0 Å². The van der Waals surface area contributed by atoms with E-state index in [2.05, 4.69) is 15.1 Å². The Labute approximate surface area is 160 Å². The largest absolute Gasteiger partial charge is 0.495 e. The van der Waals surface area contributed by atoms with Crippen LogP contribution >= 0.6 is 0 Å². The first kappa shape index (κ1) is 19.2. The molecule has 27 heavy (non-hydrogen) atoms. The van der Waals surface area contributed by atoms with E-state index in [1.54, 1.807) is 7.11 Å². The summed E-state index contributed by atoms with van der Waals surface area (Å²) in [7, 11) is 1.60. The number of piperazine rings is 1. The van der Waals surface area contributed by atoms with Gasteiger partial charge in [-0.25, -0.2) is 0 Å². The predicted molar refractivity (Wildman–Crippen MR) is 106 cm³/mol. The predicted octanol–water partition coefficient (Wildman–Crippen LogP) is 2.33. The number of methoxy groups -OCH3 is 1. The lowest BCUT2D eigenvalue weighted by Gasteiger charge is -2.34. The van der Waals surface area contributed by atoms with Crippen molar-refractivity contribution in [3.63, 3.8) is 0 Å². The molecule has 0 bridgehead atoms. The van der Waals surface area contributed by atoms with E-state index in [-0.39, 0.29) is 5.91 Å². The number of hydrogen-bond donors (Lipinski definition) is 1. The highest BCUT2D eigenvalue weighted by Gasteiger charge is 2.19. The summed E-state index contributed by atoms with van der Waals surface area (Å²) in [6.07, 6.45) is 0. The number of anilines is 1. The number of rotatable bonds is 8. The van der Waals surface area contributed by atoms with Crippen LogP contribution in [-0.2, 0) is 4.79 Å². The molecule has 1 amide bonds. The van der Waals surface area contributed by atoms with E-state index < -0.39 is 0 Å². The minimum Gasteiger partial charge on any atom is -0.495 e. The highest BCUT2D eigenvalue weighted by molar-refractivity contribution is 5.93. The number of para-hydroxylation sites is 3. The first-order valence-electron chi connectivity index (χ1n) is 9.30. The summed E-state index contributed by atoms with van der Waals surface area (Å²) < 4.78 is 11.0. The van der Waals surface area contributed by atoms with E-state index in [0.717, 1.165) is 38.5 Å². The molecule has 0 aromatic heterocycles. The molecule has 2 aromatic carbocycles. The van der Waals surface area contributed by atoms with Gasteiger partial charge in [-0.15, -0.1) is 0 Å². The molecule has 0 atom stereocenters. The number of ether oxygens (including phenoxy) is 2. The lowest BCUT2D eigenvalue weighted by Crippen LogP contribution is -2.49. The summed E-state index contributed by atoms with van der Waals surface area (Å²) >= 11 is 0. The molecule has 0 unspecified atom stereocenters. The molecular formula is C21H27N3O3. The fourth-order valence-electron chi connectivity index (χ4n) is 3.12. The molecular weight excluding hydrogens is 342 g/mol. The maximum absolute atomic E-state index is 12.3. The third kappa shape index (κ3) is 5.98. The molecule has 1 N–H and O–H groups in total. The SMILES string of the molecule is COc1ccccc1NC(=O)CN1CCN(CCOc2ccccc2)CC1. The lowest BCUT2D eigenvalue weighted by atomic mass is 10.2. The quantitative estimate of drug-likeness (QED) is 0.774. The minimum atomic E-state index is -0.0136. The summed E-state index contributed by atoms with van der Waals surface area (Å²) in [6, 6.07) is 17.3. The Bertz CT molecular complexity index is 716. The van der Waals surface area contributed by atoms with Crippen molar-refractivity contribution in [2.45, 2.75) is 0 Å². The summed E-state index contributed by atoms with van der Waals surface area (Å²) in [5.41, 5.74) is 0.710. The Hall–Kier alpha value is -2.57. The van der Waals surface area contributed by atoms with Gasteiger partial charge in [0.25, 0.3) is 0 Å².